The van der Waals surface area contributed by atoms with Gasteiger partial charge in [-0.2, -0.15) is 0 Å². The van der Waals surface area contributed by atoms with E-state index in [1.165, 1.54) is 4.31 Å². The number of para-hydroxylation sites is 1. The average molecular weight is 351 g/mol. The lowest BCUT2D eigenvalue weighted by Gasteiger charge is -2.39. The quantitative estimate of drug-likeness (QED) is 0.819. The minimum atomic E-state index is -3.33. The fourth-order valence-corrected chi connectivity index (χ4v) is 6.16. The van der Waals surface area contributed by atoms with Crippen LogP contribution in [-0.4, -0.2) is 67.3 Å². The van der Waals surface area contributed by atoms with Gasteiger partial charge in [0.1, 0.15) is 10.9 Å². The largest absolute Gasteiger partial charge is 0.365 e. The summed E-state index contributed by atoms with van der Waals surface area (Å²) < 4.78 is 32.3. The van der Waals surface area contributed by atoms with Crippen LogP contribution in [0.15, 0.2) is 24.3 Å². The van der Waals surface area contributed by atoms with Crippen molar-refractivity contribution in [3.05, 3.63) is 29.8 Å². The molecule has 3 aliphatic heterocycles. The number of urea groups is 1. The van der Waals surface area contributed by atoms with E-state index in [4.69, 9.17) is 4.74 Å². The SMILES string of the molecule is Cc1ccccc1NC(=O)N1C[C@H]2C[C@H]3[C@](C1)(CN(C)S3(=O)=O)O2. The smallest absolute Gasteiger partial charge is 0.322 e. The lowest BCUT2D eigenvalue weighted by Crippen LogP contribution is -2.57. The van der Waals surface area contributed by atoms with E-state index in [-0.39, 0.29) is 12.1 Å². The van der Waals surface area contributed by atoms with Crippen molar-refractivity contribution >= 4 is 21.7 Å². The number of anilines is 1. The number of likely N-dealkylation sites (tertiary alicyclic amines) is 1. The van der Waals surface area contributed by atoms with E-state index >= 15 is 0 Å². The Morgan fingerprint density at radius 2 is 2.08 bits per heavy atom. The number of rotatable bonds is 1. The molecule has 3 aliphatic rings. The number of nitrogens with one attached hydrogen (secondary N) is 1. The van der Waals surface area contributed by atoms with Crippen LogP contribution >= 0.6 is 0 Å². The van der Waals surface area contributed by atoms with Crippen LogP contribution in [0.2, 0.25) is 0 Å². The van der Waals surface area contributed by atoms with Gasteiger partial charge in [0, 0.05) is 25.8 Å². The molecule has 130 valence electrons. The Bertz CT molecular complexity index is 796. The molecule has 2 amide bonds. The van der Waals surface area contributed by atoms with E-state index in [2.05, 4.69) is 5.32 Å². The number of likely N-dealkylation sites (N-methyl/N-ethyl adjacent to an activating group) is 1. The highest BCUT2D eigenvalue weighted by molar-refractivity contribution is 7.90. The first-order valence-electron chi connectivity index (χ1n) is 8.06. The van der Waals surface area contributed by atoms with Gasteiger partial charge in [0.05, 0.1) is 12.6 Å². The maximum atomic E-state index is 12.7. The third kappa shape index (κ3) is 2.24. The molecule has 7 nitrogen and oxygen atoms in total. The fraction of sp³-hybridized carbons (Fsp3) is 0.562. The molecule has 0 saturated carbocycles. The molecule has 2 bridgehead atoms. The number of ether oxygens (including phenoxy) is 1. The Morgan fingerprint density at radius 3 is 2.83 bits per heavy atom. The summed E-state index contributed by atoms with van der Waals surface area (Å²) in [6.45, 7) is 2.97. The Hall–Kier alpha value is -1.64. The van der Waals surface area contributed by atoms with Crippen LogP contribution in [0, 0.1) is 6.92 Å². The summed E-state index contributed by atoms with van der Waals surface area (Å²) >= 11 is 0. The number of carbonyl (C=O) groups is 1. The first-order chi connectivity index (χ1) is 11.3. The third-order valence-electron chi connectivity index (χ3n) is 5.31. The van der Waals surface area contributed by atoms with E-state index in [0.29, 0.717) is 26.1 Å². The van der Waals surface area contributed by atoms with Crippen LogP contribution in [0.3, 0.4) is 0 Å². The van der Waals surface area contributed by atoms with E-state index in [1.54, 1.807) is 11.9 Å². The van der Waals surface area contributed by atoms with Crippen LogP contribution in [0.25, 0.3) is 0 Å². The van der Waals surface area contributed by atoms with Gasteiger partial charge >= 0.3 is 6.03 Å². The van der Waals surface area contributed by atoms with Crippen molar-refractivity contribution < 1.29 is 17.9 Å². The van der Waals surface area contributed by atoms with Crippen LogP contribution in [0.1, 0.15) is 12.0 Å². The number of nitrogens with zero attached hydrogens (tertiary/aromatic N) is 2. The molecular weight excluding hydrogens is 330 g/mol. The molecule has 0 unspecified atom stereocenters. The predicted molar refractivity (Wildman–Crippen MR) is 89.3 cm³/mol. The van der Waals surface area contributed by atoms with Gasteiger partial charge in [0.15, 0.2) is 0 Å². The molecule has 3 fully saturated rings. The molecule has 0 radical (unpaired) electrons. The maximum Gasteiger partial charge on any atom is 0.322 e. The van der Waals surface area contributed by atoms with Gasteiger partial charge in [-0.25, -0.2) is 17.5 Å². The normalized spacial score (nSPS) is 34.2. The number of aryl methyl sites for hydroxylation is 1. The zero-order valence-electron chi connectivity index (χ0n) is 13.7. The number of carbonyl (C=O) groups excluding carboxylic acids is 1. The summed E-state index contributed by atoms with van der Waals surface area (Å²) in [7, 11) is -1.75. The summed E-state index contributed by atoms with van der Waals surface area (Å²) in [4.78, 5) is 14.4. The second-order valence-corrected chi connectivity index (χ2v) is 9.18. The summed E-state index contributed by atoms with van der Waals surface area (Å²) in [5.41, 5.74) is 0.965. The topological polar surface area (TPSA) is 79.0 Å². The predicted octanol–water partition coefficient (Wildman–Crippen LogP) is 1.01. The van der Waals surface area contributed by atoms with Gasteiger partial charge in [0.25, 0.3) is 0 Å². The first kappa shape index (κ1) is 15.9. The lowest BCUT2D eigenvalue weighted by atomic mass is 9.99. The van der Waals surface area contributed by atoms with Gasteiger partial charge in [-0.3, -0.25) is 0 Å². The van der Waals surface area contributed by atoms with Crippen molar-refractivity contribution in [3.63, 3.8) is 0 Å². The summed E-state index contributed by atoms with van der Waals surface area (Å²) in [5.74, 6) is 0. The van der Waals surface area contributed by atoms with Crippen molar-refractivity contribution in [1.29, 1.82) is 0 Å². The highest BCUT2D eigenvalue weighted by atomic mass is 32.2. The van der Waals surface area contributed by atoms with E-state index in [0.717, 1.165) is 11.3 Å². The average Bonchev–Trinajstić information content (AvgIpc) is 2.88. The van der Waals surface area contributed by atoms with Gasteiger partial charge in [0.2, 0.25) is 10.0 Å². The Kier molecular flexibility index (Phi) is 3.42. The molecular formula is C16H21N3O4S. The van der Waals surface area contributed by atoms with Crippen LogP contribution in [0.4, 0.5) is 10.5 Å². The van der Waals surface area contributed by atoms with Gasteiger partial charge in [-0.05, 0) is 25.0 Å². The fourth-order valence-electron chi connectivity index (χ4n) is 4.12. The zero-order chi connectivity index (χ0) is 17.1. The number of morpholine rings is 1. The van der Waals surface area contributed by atoms with E-state index < -0.39 is 20.9 Å². The van der Waals surface area contributed by atoms with Crippen LogP contribution in [-0.2, 0) is 14.8 Å². The first-order valence-corrected chi connectivity index (χ1v) is 9.57. The number of fused-ring (bicyclic) bond motifs is 1. The molecule has 3 heterocycles. The number of sulfonamides is 1. The van der Waals surface area contributed by atoms with Crippen molar-refractivity contribution in [1.82, 2.24) is 9.21 Å². The van der Waals surface area contributed by atoms with Crippen molar-refractivity contribution in [2.24, 2.45) is 0 Å². The molecule has 8 heteroatoms. The highest BCUT2D eigenvalue weighted by Gasteiger charge is 2.64. The minimum absolute atomic E-state index is 0.204. The molecule has 3 saturated heterocycles. The number of hydrogen-bond acceptors (Lipinski definition) is 4. The van der Waals surface area contributed by atoms with Crippen molar-refractivity contribution in [3.8, 4) is 0 Å². The lowest BCUT2D eigenvalue weighted by molar-refractivity contribution is -0.0932. The molecule has 1 aromatic carbocycles. The standard InChI is InChI=1S/C16H21N3O4S/c1-11-5-3-4-6-13(11)17-15(20)19-8-12-7-14-16(10-19,23-12)9-18(2)24(14,21)22/h3-6,12,14H,7-10H2,1-2H3,(H,17,20)/t12-,14+,16-/m1/s1. The second kappa shape index (κ2) is 5.18. The molecule has 1 spiro atoms. The minimum Gasteiger partial charge on any atom is -0.365 e. The van der Waals surface area contributed by atoms with Gasteiger partial charge in [-0.1, -0.05) is 18.2 Å². The van der Waals surface area contributed by atoms with Crippen LogP contribution in [0.5, 0.6) is 0 Å². The molecule has 24 heavy (non-hydrogen) atoms. The zero-order valence-corrected chi connectivity index (χ0v) is 14.5. The molecule has 3 atom stereocenters. The number of hydrogen-bond donors (Lipinski definition) is 1. The maximum absolute atomic E-state index is 12.7. The summed E-state index contributed by atoms with van der Waals surface area (Å²) in [6, 6.07) is 7.38. The van der Waals surface area contributed by atoms with E-state index in [1.807, 2.05) is 31.2 Å². The van der Waals surface area contributed by atoms with E-state index in [9.17, 15) is 13.2 Å². The Balaban J connectivity index is 1.56. The van der Waals surface area contributed by atoms with Crippen molar-refractivity contribution in [2.45, 2.75) is 30.3 Å². The monoisotopic (exact) mass is 351 g/mol. The summed E-state index contributed by atoms with van der Waals surface area (Å²) in [5, 5.41) is 2.38. The highest BCUT2D eigenvalue weighted by Crippen LogP contribution is 2.45. The third-order valence-corrected chi connectivity index (χ3v) is 7.64. The van der Waals surface area contributed by atoms with Crippen LogP contribution < -0.4 is 5.32 Å². The van der Waals surface area contributed by atoms with Gasteiger partial charge in [-0.15, -0.1) is 0 Å². The molecule has 1 N–H and O–H groups in total. The summed E-state index contributed by atoms with van der Waals surface area (Å²) in [6.07, 6.45) is 0.246. The van der Waals surface area contributed by atoms with Gasteiger partial charge < -0.3 is 15.0 Å². The molecule has 0 aromatic heterocycles. The Morgan fingerprint density at radius 1 is 1.33 bits per heavy atom. The molecule has 0 aliphatic carbocycles. The Labute approximate surface area is 141 Å². The second-order valence-electron chi connectivity index (χ2n) is 6.96. The molecule has 1 aromatic rings. The molecule has 4 rings (SSSR count). The van der Waals surface area contributed by atoms with Crippen molar-refractivity contribution in [2.75, 3.05) is 32.0 Å². The number of benzene rings is 1. The number of amides is 2.